The lowest BCUT2D eigenvalue weighted by Crippen LogP contribution is -2.22. The lowest BCUT2D eigenvalue weighted by atomic mass is 10.1. The molecule has 3 aromatic rings. The molecule has 3 rings (SSSR count). The van der Waals surface area contributed by atoms with E-state index in [1.165, 1.54) is 24.3 Å². The Morgan fingerprint density at radius 2 is 1.87 bits per heavy atom. The summed E-state index contributed by atoms with van der Waals surface area (Å²) in [5, 5.41) is 14.8. The van der Waals surface area contributed by atoms with Crippen molar-refractivity contribution in [3.05, 3.63) is 70.6 Å². The molecule has 1 aromatic heterocycles. The first-order chi connectivity index (χ1) is 14.6. The molecule has 2 N–H and O–H groups in total. The second-order valence-corrected chi connectivity index (χ2v) is 6.44. The zero-order valence-electron chi connectivity index (χ0n) is 15.3. The summed E-state index contributed by atoms with van der Waals surface area (Å²) in [5.41, 5.74) is -2.30. The van der Waals surface area contributed by atoms with Gasteiger partial charge < -0.3 is 15.2 Å². The number of anilines is 1. The number of hydrogen-bond donors (Lipinski definition) is 2. The number of nitrogens with one attached hydrogen (secondary N) is 1. The Morgan fingerprint density at radius 3 is 2.52 bits per heavy atom. The number of amides is 1. The maximum Gasteiger partial charge on any atom is 0.435 e. The van der Waals surface area contributed by atoms with Crippen molar-refractivity contribution in [3.63, 3.8) is 0 Å². The lowest BCUT2D eigenvalue weighted by Gasteiger charge is -2.12. The van der Waals surface area contributed by atoms with Gasteiger partial charge in [0.05, 0.1) is 16.4 Å². The van der Waals surface area contributed by atoms with Gasteiger partial charge in [-0.25, -0.2) is 9.18 Å². The Kier molecular flexibility index (Phi) is 6.16. The molecule has 0 unspecified atom stereocenters. The van der Waals surface area contributed by atoms with Gasteiger partial charge in [-0.2, -0.15) is 23.0 Å². The maximum absolute atomic E-state index is 13.7. The molecule has 0 aliphatic rings. The molecule has 0 atom stereocenters. The Bertz CT molecular complexity index is 1150. The van der Waals surface area contributed by atoms with Crippen molar-refractivity contribution >= 4 is 29.2 Å². The number of aromatic nitrogens is 2. The molecule has 0 fully saturated rings. The maximum atomic E-state index is 13.7. The van der Waals surface area contributed by atoms with Crippen LogP contribution in [-0.2, 0) is 11.0 Å². The van der Waals surface area contributed by atoms with E-state index in [1.807, 2.05) is 0 Å². The molecule has 0 aliphatic carbocycles. The van der Waals surface area contributed by atoms with Crippen molar-refractivity contribution in [1.82, 2.24) is 9.78 Å². The van der Waals surface area contributed by atoms with Crippen molar-refractivity contribution in [3.8, 4) is 11.6 Å². The first-order valence-electron chi connectivity index (χ1n) is 8.44. The second-order valence-electron chi connectivity index (χ2n) is 6.03. The first-order valence-corrected chi connectivity index (χ1v) is 8.82. The standard InChI is InChI=1S/C19H12ClF4N3O4/c20-10-4-1-2-7-13(10)27-16(8-14(26-27)19(22,23)24)31-9-15(28)25-12-6-3-5-11(21)17(12)18(29)30/h1-8H,9H2,(H,25,28)(H,29,30). The largest absolute Gasteiger partial charge is 0.478 e. The minimum absolute atomic E-state index is 0.0772. The van der Waals surface area contributed by atoms with E-state index >= 15 is 0 Å². The van der Waals surface area contributed by atoms with Crippen LogP contribution in [0.4, 0.5) is 23.2 Å². The summed E-state index contributed by atoms with van der Waals surface area (Å²) >= 11 is 6.02. The van der Waals surface area contributed by atoms with Crippen molar-refractivity contribution in [2.75, 3.05) is 11.9 Å². The molecule has 31 heavy (non-hydrogen) atoms. The molecule has 0 radical (unpaired) electrons. The molecule has 0 spiro atoms. The fourth-order valence-electron chi connectivity index (χ4n) is 2.57. The molecule has 0 bridgehead atoms. The van der Waals surface area contributed by atoms with Gasteiger partial charge in [0.25, 0.3) is 5.91 Å². The number of aromatic carboxylic acids is 1. The number of ether oxygens (including phenoxy) is 1. The Labute approximate surface area is 176 Å². The third-order valence-corrected chi connectivity index (χ3v) is 4.22. The number of hydrogen-bond acceptors (Lipinski definition) is 4. The van der Waals surface area contributed by atoms with Gasteiger partial charge in [-0.1, -0.05) is 29.8 Å². The van der Waals surface area contributed by atoms with Gasteiger partial charge >= 0.3 is 12.1 Å². The molecule has 162 valence electrons. The van der Waals surface area contributed by atoms with E-state index in [1.54, 1.807) is 6.07 Å². The van der Waals surface area contributed by atoms with E-state index in [2.05, 4.69) is 10.4 Å². The van der Waals surface area contributed by atoms with Crippen LogP contribution in [0.2, 0.25) is 5.02 Å². The van der Waals surface area contributed by atoms with Crippen molar-refractivity contribution < 1.29 is 37.0 Å². The van der Waals surface area contributed by atoms with Crippen LogP contribution in [0.5, 0.6) is 5.88 Å². The summed E-state index contributed by atoms with van der Waals surface area (Å²) in [6.07, 6.45) is -4.79. The number of halogens is 5. The van der Waals surface area contributed by atoms with Crippen molar-refractivity contribution in [2.45, 2.75) is 6.18 Å². The minimum atomic E-state index is -4.79. The lowest BCUT2D eigenvalue weighted by molar-refractivity contribution is -0.141. The average molecular weight is 458 g/mol. The van der Waals surface area contributed by atoms with Crippen molar-refractivity contribution in [2.24, 2.45) is 0 Å². The van der Waals surface area contributed by atoms with Gasteiger partial charge in [0.1, 0.15) is 11.4 Å². The second kappa shape index (κ2) is 8.64. The van der Waals surface area contributed by atoms with Crippen LogP contribution in [0, 0.1) is 5.82 Å². The van der Waals surface area contributed by atoms with E-state index < -0.39 is 47.6 Å². The van der Waals surface area contributed by atoms with Crippen LogP contribution in [0.3, 0.4) is 0 Å². The normalized spacial score (nSPS) is 11.3. The number of nitrogens with zero attached hydrogens (tertiary/aromatic N) is 2. The van der Waals surface area contributed by atoms with Gasteiger partial charge in [0, 0.05) is 6.07 Å². The van der Waals surface area contributed by atoms with Crippen LogP contribution in [0.25, 0.3) is 5.69 Å². The van der Waals surface area contributed by atoms with Crippen molar-refractivity contribution in [1.29, 1.82) is 0 Å². The number of alkyl halides is 3. The molecule has 0 aliphatic heterocycles. The summed E-state index contributed by atoms with van der Waals surface area (Å²) in [5.74, 6) is -4.05. The van der Waals surface area contributed by atoms with Crippen LogP contribution in [-0.4, -0.2) is 33.4 Å². The third kappa shape index (κ3) is 4.94. The monoisotopic (exact) mass is 457 g/mol. The minimum Gasteiger partial charge on any atom is -0.478 e. The van der Waals surface area contributed by atoms with E-state index in [4.69, 9.17) is 21.4 Å². The Hall–Kier alpha value is -3.60. The highest BCUT2D eigenvalue weighted by Crippen LogP contribution is 2.33. The number of benzene rings is 2. The quantitative estimate of drug-likeness (QED) is 0.535. The zero-order chi connectivity index (χ0) is 22.8. The Morgan fingerprint density at radius 1 is 1.16 bits per heavy atom. The number of carbonyl (C=O) groups is 2. The number of rotatable bonds is 6. The van der Waals surface area contributed by atoms with E-state index in [9.17, 15) is 27.2 Å². The van der Waals surface area contributed by atoms with Gasteiger partial charge in [-0.05, 0) is 24.3 Å². The van der Waals surface area contributed by atoms with Gasteiger partial charge in [-0.3, -0.25) is 4.79 Å². The van der Waals surface area contributed by atoms with E-state index in [-0.39, 0.29) is 16.4 Å². The highest BCUT2D eigenvalue weighted by molar-refractivity contribution is 6.32. The number of carbonyl (C=O) groups excluding carboxylic acids is 1. The summed E-state index contributed by atoms with van der Waals surface area (Å²) in [6.45, 7) is -0.816. The molecule has 0 saturated heterocycles. The molecule has 12 heteroatoms. The number of carboxylic acids is 1. The van der Waals surface area contributed by atoms with Gasteiger partial charge in [0.2, 0.25) is 5.88 Å². The first kappa shape index (κ1) is 22.1. The SMILES string of the molecule is O=C(COc1cc(C(F)(F)F)nn1-c1ccccc1Cl)Nc1cccc(F)c1C(=O)O. The van der Waals surface area contributed by atoms with E-state index in [0.29, 0.717) is 6.07 Å². The van der Waals surface area contributed by atoms with E-state index in [0.717, 1.165) is 16.8 Å². The highest BCUT2D eigenvalue weighted by Gasteiger charge is 2.36. The average Bonchev–Trinajstić information content (AvgIpc) is 3.11. The smallest absolute Gasteiger partial charge is 0.435 e. The fourth-order valence-corrected chi connectivity index (χ4v) is 2.79. The summed E-state index contributed by atoms with van der Waals surface area (Å²) in [7, 11) is 0. The predicted octanol–water partition coefficient (Wildman–Crippen LogP) is 4.40. The molecule has 7 nitrogen and oxygen atoms in total. The zero-order valence-corrected chi connectivity index (χ0v) is 16.0. The molecule has 1 amide bonds. The Balaban J connectivity index is 1.84. The van der Waals surface area contributed by atoms with Gasteiger partial charge in [-0.15, -0.1) is 0 Å². The fraction of sp³-hybridized carbons (Fsp3) is 0.105. The van der Waals surface area contributed by atoms with Crippen LogP contribution < -0.4 is 10.1 Å². The summed E-state index contributed by atoms with van der Waals surface area (Å²) < 4.78 is 59.0. The molecule has 1 heterocycles. The van der Waals surface area contributed by atoms with Crippen LogP contribution >= 0.6 is 11.6 Å². The molecular weight excluding hydrogens is 446 g/mol. The number of carboxylic acid groups (broad SMARTS) is 1. The third-order valence-electron chi connectivity index (χ3n) is 3.90. The highest BCUT2D eigenvalue weighted by atomic mass is 35.5. The van der Waals surface area contributed by atoms with Gasteiger partial charge in [0.15, 0.2) is 12.3 Å². The summed E-state index contributed by atoms with van der Waals surface area (Å²) in [6, 6.07) is 9.73. The molecule has 0 saturated carbocycles. The topological polar surface area (TPSA) is 93.5 Å². The number of para-hydroxylation sites is 1. The van der Waals surface area contributed by atoms with Crippen LogP contribution in [0.15, 0.2) is 48.5 Å². The summed E-state index contributed by atoms with van der Waals surface area (Å²) in [4.78, 5) is 23.3. The van der Waals surface area contributed by atoms with Crippen LogP contribution in [0.1, 0.15) is 16.1 Å². The molecule has 2 aromatic carbocycles. The predicted molar refractivity (Wildman–Crippen MR) is 101 cm³/mol. The molecular formula is C19H12ClF4N3O4.